The van der Waals surface area contributed by atoms with Crippen LogP contribution < -0.4 is 49.4 Å². The van der Waals surface area contributed by atoms with Gasteiger partial charge in [-0.3, -0.25) is 10.1 Å². The molecule has 0 aliphatic heterocycles. The van der Waals surface area contributed by atoms with Crippen molar-refractivity contribution in [1.29, 1.82) is 0 Å². The predicted octanol–water partition coefficient (Wildman–Crippen LogP) is -5.12. The first-order valence-electron chi connectivity index (χ1n) is 6.83. The van der Waals surface area contributed by atoms with Crippen molar-refractivity contribution in [2.24, 2.45) is 5.11 Å². The fraction of sp³-hybridized carbons (Fsp3) is 0.333. The van der Waals surface area contributed by atoms with E-state index in [4.69, 9.17) is 63.3 Å². The molecule has 0 amide bonds. The van der Waals surface area contributed by atoms with Crippen molar-refractivity contribution in [2.45, 2.75) is 19.9 Å². The van der Waals surface area contributed by atoms with E-state index in [-0.39, 0.29) is 17.4 Å². The zero-order valence-corrected chi connectivity index (χ0v) is 17.8. The molecule has 1 aromatic rings. The van der Waals surface area contributed by atoms with E-state index >= 15 is 0 Å². The lowest BCUT2D eigenvalue weighted by atomic mass is 10.2. The summed E-state index contributed by atoms with van der Waals surface area (Å²) in [4.78, 5) is 89.8. The van der Waals surface area contributed by atoms with Crippen LogP contribution in [0.4, 0.5) is 17.1 Å². The maximum atomic E-state index is 10.8. The van der Waals surface area contributed by atoms with Gasteiger partial charge in [-0.2, -0.15) is 23.5 Å². The van der Waals surface area contributed by atoms with Crippen molar-refractivity contribution >= 4 is 40.5 Å². The summed E-state index contributed by atoms with van der Waals surface area (Å²) in [6.07, 6.45) is 0. The Morgan fingerprint density at radius 1 is 0.935 bits per heavy atom. The van der Waals surface area contributed by atoms with Gasteiger partial charge in [-0.1, -0.05) is 11.2 Å². The second kappa shape index (κ2) is 15.0. The molecular weight excluding hydrogens is 495 g/mol. The summed E-state index contributed by atoms with van der Waals surface area (Å²) in [7, 11) is -16.2. The molecule has 1 rings (SSSR count). The Balaban J connectivity index is -0.000000428. The summed E-state index contributed by atoms with van der Waals surface area (Å²) in [6, 6.07) is 4.38. The lowest BCUT2D eigenvalue weighted by Crippen LogP contribution is -2.24. The molecule has 0 bridgehead atoms. The molecule has 22 heteroatoms. The summed E-state index contributed by atoms with van der Waals surface area (Å²) < 4.78 is 25.6. The van der Waals surface area contributed by atoms with E-state index in [1.165, 1.54) is 18.2 Å². The molecule has 0 unspecified atom stereocenters. The number of anilines is 1. The van der Waals surface area contributed by atoms with Crippen molar-refractivity contribution in [1.82, 2.24) is 0 Å². The van der Waals surface area contributed by atoms with Crippen molar-refractivity contribution < 1.29 is 62.7 Å². The number of hydrogen-bond donors (Lipinski definition) is 1. The van der Waals surface area contributed by atoms with E-state index < -0.39 is 28.4 Å². The third-order valence-corrected chi connectivity index (χ3v) is 1.78. The van der Waals surface area contributed by atoms with Gasteiger partial charge in [0.15, 0.2) is 0 Å². The standard InChI is InChI=1S/C9H11N5O2.3H3O4P/c1-6(2)11-8-4-3-7(12-13-10)5-9(8)14(15)16;3*1-5(2,3)4/h3-6,11H,1-2H3;3*(H3,1,2,3,4)/p-9. The van der Waals surface area contributed by atoms with Gasteiger partial charge in [-0.05, 0) is 25.4 Å². The van der Waals surface area contributed by atoms with Crippen LogP contribution in [0.3, 0.4) is 0 Å². The van der Waals surface area contributed by atoms with Crippen LogP contribution in [0.5, 0.6) is 0 Å². The Labute approximate surface area is 173 Å². The zero-order valence-electron chi connectivity index (χ0n) is 15.2. The largest absolute Gasteiger partial charge is 0.822 e. The Morgan fingerprint density at radius 3 is 1.55 bits per heavy atom. The number of nitrogens with one attached hydrogen (secondary N) is 1. The molecule has 0 spiro atoms. The number of azide groups is 1. The third-order valence-electron chi connectivity index (χ3n) is 1.78. The molecule has 0 aliphatic rings. The number of rotatable bonds is 4. The fourth-order valence-corrected chi connectivity index (χ4v) is 1.22. The van der Waals surface area contributed by atoms with E-state index in [9.17, 15) is 10.1 Å². The van der Waals surface area contributed by atoms with Crippen LogP contribution in [-0.2, 0) is 13.7 Å². The molecule has 0 saturated carbocycles. The van der Waals surface area contributed by atoms with Gasteiger partial charge in [0.05, 0.1) is 4.92 Å². The van der Waals surface area contributed by atoms with Crippen molar-refractivity contribution in [3.63, 3.8) is 0 Å². The maximum Gasteiger partial charge on any atom is 0.292 e. The molecule has 0 atom stereocenters. The second-order valence-corrected chi connectivity index (χ2v) is 7.47. The molecule has 1 N–H and O–H groups in total. The van der Waals surface area contributed by atoms with Gasteiger partial charge in [0.2, 0.25) is 0 Å². The van der Waals surface area contributed by atoms with Crippen LogP contribution in [0.2, 0.25) is 0 Å². The van der Waals surface area contributed by atoms with Crippen LogP contribution in [0.15, 0.2) is 23.3 Å². The minimum atomic E-state index is -5.39. The second-order valence-electron chi connectivity index (χ2n) is 4.79. The van der Waals surface area contributed by atoms with Gasteiger partial charge in [0.1, 0.15) is 5.69 Å². The van der Waals surface area contributed by atoms with E-state index in [1.54, 1.807) is 0 Å². The van der Waals surface area contributed by atoms with Gasteiger partial charge >= 0.3 is 0 Å². The average molecular weight is 506 g/mol. The minimum Gasteiger partial charge on any atom is -0.822 e. The summed E-state index contributed by atoms with van der Waals surface area (Å²) >= 11 is 0. The topological polar surface area (TPSA) is 363 Å². The fourth-order valence-electron chi connectivity index (χ4n) is 1.22. The highest BCUT2D eigenvalue weighted by Crippen LogP contribution is 2.29. The monoisotopic (exact) mass is 506 g/mol. The number of nitro benzene ring substituents is 1. The van der Waals surface area contributed by atoms with E-state index in [1.807, 2.05) is 13.8 Å². The van der Waals surface area contributed by atoms with Crippen LogP contribution in [0.25, 0.3) is 10.4 Å². The molecule has 0 fully saturated rings. The highest BCUT2D eigenvalue weighted by Gasteiger charge is 2.14. The Morgan fingerprint density at radius 2 is 1.29 bits per heavy atom. The lowest BCUT2D eigenvalue weighted by molar-refractivity contribution is -0.434. The number of nitro groups is 1. The normalized spacial score (nSPS) is 10.7. The van der Waals surface area contributed by atoms with E-state index in [0.717, 1.165) is 0 Å². The molecule has 31 heavy (non-hydrogen) atoms. The number of nitrogens with zero attached hydrogens (tertiary/aromatic N) is 4. The number of phosphoric acid groups is 3. The average Bonchev–Trinajstić information content (AvgIpc) is 2.43. The first kappa shape index (κ1) is 33.7. The minimum absolute atomic E-state index is 0.0871. The van der Waals surface area contributed by atoms with Crippen LogP contribution in [0, 0.1) is 10.1 Å². The number of hydrogen-bond acceptors (Lipinski definition) is 16. The Bertz CT molecular complexity index is 813. The van der Waals surface area contributed by atoms with Crippen molar-refractivity contribution in [2.75, 3.05) is 5.32 Å². The first-order valence-corrected chi connectivity index (χ1v) is 11.2. The lowest BCUT2D eigenvalue weighted by Gasteiger charge is -2.36. The molecule has 0 radical (unpaired) electrons. The summed E-state index contributed by atoms with van der Waals surface area (Å²) in [5, 5.41) is 17.1. The smallest absolute Gasteiger partial charge is 0.292 e. The molecule has 180 valence electrons. The first-order chi connectivity index (χ1) is 13.5. The van der Waals surface area contributed by atoms with E-state index in [0.29, 0.717) is 5.69 Å². The van der Waals surface area contributed by atoms with Crippen molar-refractivity contribution in [3.8, 4) is 0 Å². The molecule has 0 aliphatic carbocycles. The van der Waals surface area contributed by atoms with Gasteiger partial charge in [0.25, 0.3) is 5.69 Å². The molecule has 1 aromatic carbocycles. The predicted molar refractivity (Wildman–Crippen MR) is 83.5 cm³/mol. The highest BCUT2D eigenvalue weighted by molar-refractivity contribution is 7.40. The number of benzene rings is 1. The van der Waals surface area contributed by atoms with Crippen LogP contribution in [0.1, 0.15) is 13.8 Å². The molecule has 0 aromatic heterocycles. The summed E-state index contributed by atoms with van der Waals surface area (Å²) in [5.41, 5.74) is 8.78. The van der Waals surface area contributed by atoms with Crippen molar-refractivity contribution in [3.05, 3.63) is 38.8 Å². The Hall–Kier alpha value is -1.94. The highest BCUT2D eigenvalue weighted by atomic mass is 31.2. The van der Waals surface area contributed by atoms with Gasteiger partial charge in [-0.15, -0.1) is 0 Å². The van der Waals surface area contributed by atoms with Gasteiger partial charge < -0.3 is 63.1 Å². The SMILES string of the molecule is CC(C)Nc1ccc(N=[N+]=[N-])cc1[N+](=O)[O-].O=P([O-])([O-])[O-].O=P([O-])([O-])[O-].O=P([O-])([O-])[O-]. The maximum absolute atomic E-state index is 10.8. The third kappa shape index (κ3) is 39.2. The summed E-state index contributed by atoms with van der Waals surface area (Å²) in [5.74, 6) is 0. The molecule has 19 nitrogen and oxygen atoms in total. The van der Waals surface area contributed by atoms with Gasteiger partial charge in [-0.25, -0.2) is 0 Å². The zero-order chi connectivity index (χ0) is 25.6. The van der Waals surface area contributed by atoms with E-state index in [2.05, 4.69) is 15.3 Å². The quantitative estimate of drug-likeness (QED) is 0.0996. The molecule has 0 saturated heterocycles. The summed E-state index contributed by atoms with van der Waals surface area (Å²) in [6.45, 7) is 3.76. The van der Waals surface area contributed by atoms with Gasteiger partial charge in [0, 0.05) is 22.7 Å². The molecule has 0 heterocycles. The van der Waals surface area contributed by atoms with Crippen LogP contribution in [-0.4, -0.2) is 11.0 Å². The molecular formula is C9H11N5O14P3-9. The Kier molecular flexibility index (Phi) is 16.3. The van der Waals surface area contributed by atoms with Crippen LogP contribution >= 0.6 is 23.5 Å².